The highest BCUT2D eigenvalue weighted by Crippen LogP contribution is 2.28. The van der Waals surface area contributed by atoms with Crippen molar-refractivity contribution in [3.63, 3.8) is 0 Å². The quantitative estimate of drug-likeness (QED) is 0.830. The van der Waals surface area contributed by atoms with Crippen molar-refractivity contribution in [2.24, 2.45) is 0 Å². The maximum Gasteiger partial charge on any atom is 0.415 e. The summed E-state index contributed by atoms with van der Waals surface area (Å²) in [6.07, 6.45) is -0.458. The average Bonchev–Trinajstić information content (AvgIpc) is 2.31. The van der Waals surface area contributed by atoms with Gasteiger partial charge in [-0.25, -0.2) is 9.18 Å². The molecule has 5 heteroatoms. The molecule has 0 aromatic heterocycles. The molecule has 0 saturated heterocycles. The highest BCUT2D eigenvalue weighted by atomic mass is 35.5. The lowest BCUT2D eigenvalue weighted by molar-refractivity contribution is 0.157. The molecular weight excluding hydrogens is 245 g/mol. The zero-order valence-electron chi connectivity index (χ0n) is 10.1. The molecule has 3 nitrogen and oxygen atoms in total. The SMILES string of the molecule is CCN(CC)C(=O)Oc1ccc(F)c(Cl)c1C. The van der Waals surface area contributed by atoms with Crippen molar-refractivity contribution < 1.29 is 13.9 Å². The first-order valence-electron chi connectivity index (χ1n) is 5.42. The van der Waals surface area contributed by atoms with Gasteiger partial charge in [0.25, 0.3) is 0 Å². The smallest absolute Gasteiger partial charge is 0.410 e. The van der Waals surface area contributed by atoms with Gasteiger partial charge in [-0.05, 0) is 32.9 Å². The lowest BCUT2D eigenvalue weighted by atomic mass is 10.2. The first-order valence-corrected chi connectivity index (χ1v) is 5.80. The van der Waals surface area contributed by atoms with Crippen LogP contribution in [0.3, 0.4) is 0 Å². The predicted molar refractivity (Wildman–Crippen MR) is 65.1 cm³/mol. The average molecular weight is 260 g/mol. The van der Waals surface area contributed by atoms with Crippen LogP contribution in [0.5, 0.6) is 5.75 Å². The van der Waals surface area contributed by atoms with Gasteiger partial charge in [-0.1, -0.05) is 11.6 Å². The normalized spacial score (nSPS) is 10.2. The minimum atomic E-state index is -0.521. The highest BCUT2D eigenvalue weighted by Gasteiger charge is 2.15. The summed E-state index contributed by atoms with van der Waals surface area (Å²) in [6, 6.07) is 2.58. The van der Waals surface area contributed by atoms with E-state index in [9.17, 15) is 9.18 Å². The number of halogens is 2. The van der Waals surface area contributed by atoms with E-state index < -0.39 is 11.9 Å². The Morgan fingerprint density at radius 3 is 2.53 bits per heavy atom. The van der Waals surface area contributed by atoms with Gasteiger partial charge in [0.1, 0.15) is 11.6 Å². The molecule has 0 aliphatic heterocycles. The lowest BCUT2D eigenvalue weighted by Gasteiger charge is -2.18. The van der Waals surface area contributed by atoms with Crippen molar-refractivity contribution in [2.45, 2.75) is 20.8 Å². The Bertz CT molecular complexity index is 419. The van der Waals surface area contributed by atoms with Crippen molar-refractivity contribution in [1.29, 1.82) is 0 Å². The van der Waals surface area contributed by atoms with Gasteiger partial charge in [0.15, 0.2) is 0 Å². The van der Waals surface area contributed by atoms with Gasteiger partial charge >= 0.3 is 6.09 Å². The number of ether oxygens (including phenoxy) is 1. The molecule has 1 rings (SSSR count). The van der Waals surface area contributed by atoms with Crippen LogP contribution in [0.4, 0.5) is 9.18 Å². The number of nitrogens with zero attached hydrogens (tertiary/aromatic N) is 1. The van der Waals surface area contributed by atoms with Crippen LogP contribution in [-0.2, 0) is 0 Å². The molecule has 0 N–H and O–H groups in total. The Balaban J connectivity index is 2.89. The van der Waals surface area contributed by atoms with Gasteiger partial charge in [-0.3, -0.25) is 0 Å². The third kappa shape index (κ3) is 3.09. The van der Waals surface area contributed by atoms with Crippen LogP contribution < -0.4 is 4.74 Å². The van der Waals surface area contributed by atoms with Crippen molar-refractivity contribution in [2.75, 3.05) is 13.1 Å². The third-order valence-corrected chi connectivity index (χ3v) is 2.97. The van der Waals surface area contributed by atoms with E-state index in [2.05, 4.69) is 0 Å². The Morgan fingerprint density at radius 1 is 1.41 bits per heavy atom. The molecule has 0 aliphatic carbocycles. The Labute approximate surface area is 105 Å². The maximum atomic E-state index is 13.1. The number of carbonyl (C=O) groups excluding carboxylic acids is 1. The van der Waals surface area contributed by atoms with Crippen LogP contribution in [-0.4, -0.2) is 24.1 Å². The number of carbonyl (C=O) groups is 1. The van der Waals surface area contributed by atoms with Crippen molar-refractivity contribution in [3.8, 4) is 5.75 Å². The van der Waals surface area contributed by atoms with Crippen LogP contribution in [0.2, 0.25) is 5.02 Å². The molecule has 0 unspecified atom stereocenters. The van der Waals surface area contributed by atoms with E-state index in [0.717, 1.165) is 0 Å². The molecule has 0 spiro atoms. The zero-order valence-corrected chi connectivity index (χ0v) is 10.8. The summed E-state index contributed by atoms with van der Waals surface area (Å²) in [4.78, 5) is 13.2. The summed E-state index contributed by atoms with van der Waals surface area (Å²) in [5, 5.41) is -0.0187. The predicted octanol–water partition coefficient (Wildman–Crippen LogP) is 3.63. The molecule has 0 aliphatic rings. The minimum absolute atomic E-state index is 0.0187. The van der Waals surface area contributed by atoms with E-state index in [0.29, 0.717) is 18.7 Å². The fourth-order valence-electron chi connectivity index (χ4n) is 1.39. The monoisotopic (exact) mass is 259 g/mol. The van der Waals surface area contributed by atoms with Gasteiger partial charge in [0, 0.05) is 18.7 Å². The van der Waals surface area contributed by atoms with Crippen molar-refractivity contribution in [3.05, 3.63) is 28.5 Å². The van der Waals surface area contributed by atoms with Crippen molar-refractivity contribution >= 4 is 17.7 Å². The van der Waals surface area contributed by atoms with Gasteiger partial charge in [0.2, 0.25) is 0 Å². The maximum absolute atomic E-state index is 13.1. The molecular formula is C12H15ClFNO2. The van der Waals surface area contributed by atoms with Crippen LogP contribution >= 0.6 is 11.6 Å². The number of benzene rings is 1. The third-order valence-electron chi connectivity index (χ3n) is 2.51. The second-order valence-electron chi connectivity index (χ2n) is 3.52. The molecule has 0 atom stereocenters. The van der Waals surface area contributed by atoms with Crippen LogP contribution in [0.15, 0.2) is 12.1 Å². The highest BCUT2D eigenvalue weighted by molar-refractivity contribution is 6.31. The second kappa shape index (κ2) is 5.87. The molecule has 17 heavy (non-hydrogen) atoms. The van der Waals surface area contributed by atoms with E-state index in [1.165, 1.54) is 17.0 Å². The molecule has 0 heterocycles. The summed E-state index contributed by atoms with van der Waals surface area (Å²) >= 11 is 5.73. The number of amides is 1. The molecule has 0 saturated carbocycles. The molecule has 0 fully saturated rings. The van der Waals surface area contributed by atoms with Crippen LogP contribution in [0, 0.1) is 12.7 Å². The van der Waals surface area contributed by atoms with Crippen LogP contribution in [0.1, 0.15) is 19.4 Å². The molecule has 1 aromatic carbocycles. The van der Waals surface area contributed by atoms with E-state index >= 15 is 0 Å². The number of hydrogen-bond acceptors (Lipinski definition) is 2. The number of rotatable bonds is 3. The zero-order chi connectivity index (χ0) is 13.0. The van der Waals surface area contributed by atoms with E-state index in [1.54, 1.807) is 6.92 Å². The number of hydrogen-bond donors (Lipinski definition) is 0. The van der Waals surface area contributed by atoms with E-state index in [4.69, 9.17) is 16.3 Å². The summed E-state index contributed by atoms with van der Waals surface area (Å²) in [6.45, 7) is 6.44. The van der Waals surface area contributed by atoms with Gasteiger partial charge in [0.05, 0.1) is 5.02 Å². The topological polar surface area (TPSA) is 29.5 Å². The lowest BCUT2D eigenvalue weighted by Crippen LogP contribution is -2.33. The van der Waals surface area contributed by atoms with E-state index in [-0.39, 0.29) is 10.8 Å². The minimum Gasteiger partial charge on any atom is -0.410 e. The van der Waals surface area contributed by atoms with Crippen LogP contribution in [0.25, 0.3) is 0 Å². The summed E-state index contributed by atoms with van der Waals surface area (Å²) < 4.78 is 18.3. The summed E-state index contributed by atoms with van der Waals surface area (Å²) in [5.74, 6) is -0.236. The molecule has 0 radical (unpaired) electrons. The first-order chi connectivity index (χ1) is 8.01. The first kappa shape index (κ1) is 13.8. The Morgan fingerprint density at radius 2 is 2.00 bits per heavy atom. The summed E-state index contributed by atoms with van der Waals surface area (Å²) in [7, 11) is 0. The fourth-order valence-corrected chi connectivity index (χ4v) is 1.54. The molecule has 1 amide bonds. The second-order valence-corrected chi connectivity index (χ2v) is 3.90. The largest absolute Gasteiger partial charge is 0.415 e. The molecule has 94 valence electrons. The molecule has 0 bridgehead atoms. The Kier molecular flexibility index (Phi) is 4.75. The standard InChI is InChI=1S/C12H15ClFNO2/c1-4-15(5-2)12(16)17-10-7-6-9(14)11(13)8(10)3/h6-7H,4-5H2,1-3H3. The fraction of sp³-hybridized carbons (Fsp3) is 0.417. The molecule has 1 aromatic rings. The van der Waals surface area contributed by atoms with Gasteiger partial charge in [-0.2, -0.15) is 0 Å². The van der Waals surface area contributed by atoms with Gasteiger partial charge < -0.3 is 9.64 Å². The van der Waals surface area contributed by atoms with Gasteiger partial charge in [-0.15, -0.1) is 0 Å². The van der Waals surface area contributed by atoms with E-state index in [1.807, 2.05) is 13.8 Å². The Hall–Kier alpha value is -1.29. The van der Waals surface area contributed by atoms with Crippen molar-refractivity contribution in [1.82, 2.24) is 4.90 Å². The summed E-state index contributed by atoms with van der Waals surface area (Å²) in [5.41, 5.74) is 0.423.